The molecule has 2 aliphatic heterocycles. The lowest BCUT2D eigenvalue weighted by molar-refractivity contribution is 0.173. The van der Waals surface area contributed by atoms with Crippen molar-refractivity contribution in [1.82, 2.24) is 10.2 Å². The van der Waals surface area contributed by atoms with E-state index in [9.17, 15) is 0 Å². The fourth-order valence-corrected chi connectivity index (χ4v) is 4.19. The van der Waals surface area contributed by atoms with Crippen LogP contribution >= 0.6 is 22.9 Å². The number of nitrogens with one attached hydrogen (secondary N) is 1. The molecule has 0 saturated carbocycles. The third-order valence-electron chi connectivity index (χ3n) is 4.12. The molecule has 2 aliphatic rings. The van der Waals surface area contributed by atoms with E-state index in [-0.39, 0.29) is 12.8 Å². The minimum absolute atomic E-state index is 0.170. The van der Waals surface area contributed by atoms with Crippen LogP contribution in [0.5, 0.6) is 11.5 Å². The topological polar surface area (TPSA) is 33.7 Å². The Morgan fingerprint density at radius 1 is 1.18 bits per heavy atom. The average molecular weight is 337 g/mol. The van der Waals surface area contributed by atoms with Crippen molar-refractivity contribution < 1.29 is 9.47 Å². The molecule has 1 aromatic heterocycles. The van der Waals surface area contributed by atoms with E-state index >= 15 is 0 Å². The van der Waals surface area contributed by atoms with E-state index in [1.54, 1.807) is 11.3 Å². The van der Waals surface area contributed by atoms with Gasteiger partial charge in [0.15, 0.2) is 11.5 Å². The highest BCUT2D eigenvalue weighted by molar-refractivity contribution is 7.10. The van der Waals surface area contributed by atoms with Crippen LogP contribution in [0.15, 0.2) is 29.6 Å². The maximum absolute atomic E-state index is 6.57. The molecule has 0 unspecified atom stereocenters. The van der Waals surface area contributed by atoms with E-state index in [1.807, 2.05) is 12.1 Å². The number of thiophene rings is 1. The van der Waals surface area contributed by atoms with Crippen LogP contribution in [0.3, 0.4) is 0 Å². The molecule has 2 aromatic rings. The summed E-state index contributed by atoms with van der Waals surface area (Å²) in [5.41, 5.74) is 1.09. The predicted octanol–water partition coefficient (Wildman–Crippen LogP) is 3.12. The van der Waals surface area contributed by atoms with Gasteiger partial charge in [-0.25, -0.2) is 0 Å². The number of rotatable bonds is 3. The van der Waals surface area contributed by atoms with Gasteiger partial charge in [-0.15, -0.1) is 11.3 Å². The van der Waals surface area contributed by atoms with Crippen LogP contribution < -0.4 is 14.8 Å². The summed E-state index contributed by atoms with van der Waals surface area (Å²) in [7, 11) is 0. The van der Waals surface area contributed by atoms with Gasteiger partial charge >= 0.3 is 0 Å². The van der Waals surface area contributed by atoms with Gasteiger partial charge in [0.2, 0.25) is 6.79 Å². The average Bonchev–Trinajstić information content (AvgIpc) is 3.20. The van der Waals surface area contributed by atoms with Gasteiger partial charge in [0, 0.05) is 42.1 Å². The summed E-state index contributed by atoms with van der Waals surface area (Å²) in [6.45, 7) is 4.29. The summed E-state index contributed by atoms with van der Waals surface area (Å²) in [4.78, 5) is 3.79. The summed E-state index contributed by atoms with van der Waals surface area (Å²) in [6, 6.07) is 8.36. The summed E-state index contributed by atoms with van der Waals surface area (Å²) in [6.07, 6.45) is 0. The lowest BCUT2D eigenvalue weighted by atomic mass is 10.0. The van der Waals surface area contributed by atoms with Gasteiger partial charge in [-0.1, -0.05) is 17.7 Å². The van der Waals surface area contributed by atoms with Gasteiger partial charge in [-0.05, 0) is 23.1 Å². The molecule has 1 atom stereocenters. The quantitative estimate of drug-likeness (QED) is 0.933. The molecule has 0 aliphatic carbocycles. The second-order valence-corrected chi connectivity index (χ2v) is 6.82. The summed E-state index contributed by atoms with van der Waals surface area (Å²) in [5.74, 6) is 1.52. The Bertz CT molecular complexity index is 656. The molecule has 6 heteroatoms. The molecule has 3 heterocycles. The first-order valence-corrected chi connectivity index (χ1v) is 8.66. The zero-order valence-electron chi connectivity index (χ0n) is 12.0. The minimum atomic E-state index is 0.170. The molecule has 22 heavy (non-hydrogen) atoms. The Hall–Kier alpha value is -1.27. The van der Waals surface area contributed by atoms with E-state index in [1.165, 1.54) is 4.88 Å². The largest absolute Gasteiger partial charge is 0.454 e. The van der Waals surface area contributed by atoms with Crippen LogP contribution in [0.25, 0.3) is 0 Å². The maximum Gasteiger partial charge on any atom is 0.231 e. The zero-order valence-corrected chi connectivity index (χ0v) is 13.6. The van der Waals surface area contributed by atoms with Crippen molar-refractivity contribution in [3.8, 4) is 11.5 Å². The van der Waals surface area contributed by atoms with Gasteiger partial charge < -0.3 is 14.8 Å². The van der Waals surface area contributed by atoms with Gasteiger partial charge in [0.1, 0.15) is 0 Å². The summed E-state index contributed by atoms with van der Waals surface area (Å²) in [5, 5.41) is 6.26. The highest BCUT2D eigenvalue weighted by Gasteiger charge is 2.28. The molecule has 0 amide bonds. The van der Waals surface area contributed by atoms with Crippen LogP contribution in [0.1, 0.15) is 16.5 Å². The molecule has 0 radical (unpaired) electrons. The van der Waals surface area contributed by atoms with Crippen LogP contribution in [-0.4, -0.2) is 37.9 Å². The van der Waals surface area contributed by atoms with Gasteiger partial charge in [-0.3, -0.25) is 4.90 Å². The molecule has 4 rings (SSSR count). The lowest BCUT2D eigenvalue weighted by Crippen LogP contribution is -2.45. The van der Waals surface area contributed by atoms with Gasteiger partial charge in [-0.2, -0.15) is 0 Å². The zero-order chi connectivity index (χ0) is 14.9. The maximum atomic E-state index is 6.57. The van der Waals surface area contributed by atoms with Crippen LogP contribution in [0.2, 0.25) is 5.02 Å². The van der Waals surface area contributed by atoms with Gasteiger partial charge in [0.05, 0.1) is 6.04 Å². The van der Waals surface area contributed by atoms with Crippen molar-refractivity contribution in [2.75, 3.05) is 33.0 Å². The van der Waals surface area contributed by atoms with Gasteiger partial charge in [0.25, 0.3) is 0 Å². The summed E-state index contributed by atoms with van der Waals surface area (Å²) >= 11 is 8.33. The molecule has 1 saturated heterocycles. The number of hydrogen-bond donors (Lipinski definition) is 1. The van der Waals surface area contributed by atoms with Crippen molar-refractivity contribution in [3.05, 3.63) is 45.1 Å². The second kappa shape index (κ2) is 6.08. The number of halogens is 1. The number of fused-ring (bicyclic) bond motifs is 1. The highest BCUT2D eigenvalue weighted by Crippen LogP contribution is 2.43. The number of ether oxygens (including phenoxy) is 2. The first-order valence-electron chi connectivity index (χ1n) is 7.40. The Kier molecular flexibility index (Phi) is 3.96. The molecule has 0 spiro atoms. The van der Waals surface area contributed by atoms with E-state index in [0.717, 1.165) is 48.3 Å². The van der Waals surface area contributed by atoms with Crippen LogP contribution in [0.4, 0.5) is 0 Å². The highest BCUT2D eigenvalue weighted by atomic mass is 35.5. The number of nitrogens with zero attached hydrogens (tertiary/aromatic N) is 1. The summed E-state index contributed by atoms with van der Waals surface area (Å²) < 4.78 is 11.0. The fourth-order valence-electron chi connectivity index (χ4n) is 3.06. The van der Waals surface area contributed by atoms with Crippen molar-refractivity contribution in [2.24, 2.45) is 0 Å². The predicted molar refractivity (Wildman–Crippen MR) is 88.2 cm³/mol. The monoisotopic (exact) mass is 336 g/mol. The number of piperazine rings is 1. The van der Waals surface area contributed by atoms with Crippen molar-refractivity contribution in [2.45, 2.75) is 6.04 Å². The van der Waals surface area contributed by atoms with E-state index < -0.39 is 0 Å². The minimum Gasteiger partial charge on any atom is -0.454 e. The molecule has 1 aromatic carbocycles. The van der Waals surface area contributed by atoms with E-state index in [4.69, 9.17) is 21.1 Å². The SMILES string of the molecule is Clc1cc2c(cc1[C@H](c1cccs1)N1CCNCC1)OCO2. The smallest absolute Gasteiger partial charge is 0.231 e. The first-order chi connectivity index (χ1) is 10.8. The fraction of sp³-hybridized carbons (Fsp3) is 0.375. The molecule has 116 valence electrons. The Labute approximate surface area is 138 Å². The van der Waals surface area contributed by atoms with Crippen molar-refractivity contribution >= 4 is 22.9 Å². The van der Waals surface area contributed by atoms with Crippen LogP contribution in [0, 0.1) is 0 Å². The molecule has 4 nitrogen and oxygen atoms in total. The normalized spacial score (nSPS) is 19.3. The number of benzene rings is 1. The van der Waals surface area contributed by atoms with Crippen LogP contribution in [-0.2, 0) is 0 Å². The first kappa shape index (κ1) is 14.3. The molecule has 0 bridgehead atoms. The molecule has 1 fully saturated rings. The van der Waals surface area contributed by atoms with Crippen molar-refractivity contribution in [3.63, 3.8) is 0 Å². The Morgan fingerprint density at radius 3 is 2.68 bits per heavy atom. The number of hydrogen-bond acceptors (Lipinski definition) is 5. The third-order valence-corrected chi connectivity index (χ3v) is 5.37. The molecule has 1 N–H and O–H groups in total. The third kappa shape index (κ3) is 2.58. The standard InChI is InChI=1S/C16H17ClN2O2S/c17-12-9-14-13(20-10-21-14)8-11(12)16(15-2-1-7-22-15)19-5-3-18-4-6-19/h1-2,7-9,16,18H,3-6,10H2/t16-/m1/s1. The Morgan fingerprint density at radius 2 is 1.95 bits per heavy atom. The Balaban J connectivity index is 1.77. The second-order valence-electron chi connectivity index (χ2n) is 5.43. The molecular weight excluding hydrogens is 320 g/mol. The lowest BCUT2D eigenvalue weighted by Gasteiger charge is -2.35. The molecular formula is C16H17ClN2O2S. The van der Waals surface area contributed by atoms with E-state index in [2.05, 4.69) is 27.7 Å². The van der Waals surface area contributed by atoms with E-state index in [0.29, 0.717) is 0 Å². The van der Waals surface area contributed by atoms with Crippen molar-refractivity contribution in [1.29, 1.82) is 0 Å².